The van der Waals surface area contributed by atoms with Crippen molar-refractivity contribution in [3.05, 3.63) is 12.3 Å². The molecule has 0 aromatic rings. The molecule has 0 bridgehead atoms. The van der Waals surface area contributed by atoms with Crippen molar-refractivity contribution in [2.75, 3.05) is 13.7 Å². The zero-order valence-corrected chi connectivity index (χ0v) is 5.15. The van der Waals surface area contributed by atoms with Crippen LogP contribution in [-0.2, 0) is 9.39 Å². The van der Waals surface area contributed by atoms with Gasteiger partial charge >= 0.3 is 7.32 Å². The molecule has 52 valence electrons. The summed E-state index contributed by atoms with van der Waals surface area (Å²) in [6, 6.07) is 0. The molecule has 0 aromatic carbocycles. The maximum absolute atomic E-state index is 8.09. The van der Waals surface area contributed by atoms with Crippen molar-refractivity contribution in [3.63, 3.8) is 0 Å². The monoisotopic (exact) mass is 132 g/mol. The van der Waals surface area contributed by atoms with Crippen molar-refractivity contribution in [2.45, 2.75) is 0 Å². The fourth-order valence-corrected chi connectivity index (χ4v) is 0.261. The van der Waals surface area contributed by atoms with Crippen LogP contribution >= 0.6 is 0 Å². The lowest BCUT2D eigenvalue weighted by atomic mass is 10.3. The molecular formula is C4H9BO4. The Morgan fingerprint density at radius 1 is 1.56 bits per heavy atom. The first kappa shape index (κ1) is 8.48. The molecule has 5 heteroatoms. The second kappa shape index (κ2) is 5.62. The lowest BCUT2D eigenvalue weighted by Crippen LogP contribution is -2.12. The van der Waals surface area contributed by atoms with E-state index in [4.69, 9.17) is 10.0 Å². The Labute approximate surface area is 53.9 Å². The van der Waals surface area contributed by atoms with Crippen LogP contribution in [0.3, 0.4) is 0 Å². The van der Waals surface area contributed by atoms with Gasteiger partial charge in [0.15, 0.2) is 0 Å². The summed E-state index contributed by atoms with van der Waals surface area (Å²) in [6.07, 6.45) is 2.67. The van der Waals surface area contributed by atoms with Gasteiger partial charge in [-0.3, -0.25) is 0 Å². The molecule has 0 radical (unpaired) electrons. The van der Waals surface area contributed by atoms with Crippen LogP contribution in [0.1, 0.15) is 0 Å². The predicted molar refractivity (Wildman–Crippen MR) is 32.3 cm³/mol. The topological polar surface area (TPSA) is 58.9 Å². The van der Waals surface area contributed by atoms with Crippen molar-refractivity contribution in [3.8, 4) is 0 Å². The third kappa shape index (κ3) is 7.48. The largest absolute Gasteiger partial charge is 0.707 e. The van der Waals surface area contributed by atoms with E-state index in [1.54, 1.807) is 0 Å². The summed E-state index contributed by atoms with van der Waals surface area (Å²) in [4.78, 5) is 0. The van der Waals surface area contributed by atoms with Crippen LogP contribution in [0.2, 0.25) is 0 Å². The van der Waals surface area contributed by atoms with Gasteiger partial charge in [-0.05, 0) is 6.08 Å². The van der Waals surface area contributed by atoms with Gasteiger partial charge in [0.1, 0.15) is 0 Å². The second-order valence-electron chi connectivity index (χ2n) is 1.29. The zero-order valence-electron chi connectivity index (χ0n) is 5.15. The van der Waals surface area contributed by atoms with E-state index >= 15 is 0 Å². The van der Waals surface area contributed by atoms with Crippen LogP contribution in [0.15, 0.2) is 12.3 Å². The summed E-state index contributed by atoms with van der Waals surface area (Å²) in [5.41, 5.74) is 0. The highest BCUT2D eigenvalue weighted by atomic mass is 16.6. The van der Waals surface area contributed by atoms with E-state index in [2.05, 4.69) is 9.39 Å². The first-order chi connectivity index (χ1) is 4.27. The van der Waals surface area contributed by atoms with E-state index in [0.717, 1.165) is 6.26 Å². The maximum Gasteiger partial charge on any atom is 0.707 e. The third-order valence-electron chi connectivity index (χ3n) is 0.559. The molecule has 4 nitrogen and oxygen atoms in total. The van der Waals surface area contributed by atoms with Gasteiger partial charge in [-0.1, -0.05) is 0 Å². The smallest absolute Gasteiger partial charge is 0.519 e. The van der Waals surface area contributed by atoms with Gasteiger partial charge in [-0.15, -0.1) is 0 Å². The molecule has 0 fully saturated rings. The van der Waals surface area contributed by atoms with E-state index in [-0.39, 0.29) is 0 Å². The molecular weight excluding hydrogens is 123 g/mol. The second-order valence-corrected chi connectivity index (χ2v) is 1.29. The Morgan fingerprint density at radius 3 is 2.67 bits per heavy atom. The Balaban J connectivity index is 3.04. The van der Waals surface area contributed by atoms with E-state index in [0.29, 0.717) is 6.61 Å². The average molecular weight is 132 g/mol. The van der Waals surface area contributed by atoms with E-state index in [1.807, 2.05) is 0 Å². The molecule has 0 unspecified atom stereocenters. The van der Waals surface area contributed by atoms with Crippen LogP contribution in [0.25, 0.3) is 0 Å². The lowest BCUT2D eigenvalue weighted by molar-refractivity contribution is 0.226. The molecule has 0 aliphatic heterocycles. The molecule has 0 aromatic heterocycles. The Kier molecular flexibility index (Phi) is 5.30. The fraction of sp³-hybridized carbons (Fsp3) is 0.500. The van der Waals surface area contributed by atoms with Gasteiger partial charge in [0.25, 0.3) is 0 Å². The van der Waals surface area contributed by atoms with Crippen LogP contribution < -0.4 is 0 Å². The Hall–Kier alpha value is -0.515. The third-order valence-corrected chi connectivity index (χ3v) is 0.559. The fourth-order valence-electron chi connectivity index (χ4n) is 0.261. The minimum atomic E-state index is -1.74. The number of hydrogen-bond donors (Lipinski definition) is 2. The SMILES string of the molecule is COC/C=C/OB(O)O. The van der Waals surface area contributed by atoms with Gasteiger partial charge in [0.2, 0.25) is 0 Å². The molecule has 2 N–H and O–H groups in total. The number of hydrogen-bond acceptors (Lipinski definition) is 4. The van der Waals surface area contributed by atoms with Crippen molar-refractivity contribution in [1.29, 1.82) is 0 Å². The summed E-state index contributed by atoms with van der Waals surface area (Å²) in [5, 5.41) is 16.2. The minimum Gasteiger partial charge on any atom is -0.519 e. The molecule has 0 saturated carbocycles. The average Bonchev–Trinajstić information content (AvgIpc) is 1.80. The molecule has 0 atom stereocenters. The molecule has 0 spiro atoms. The van der Waals surface area contributed by atoms with E-state index < -0.39 is 7.32 Å². The highest BCUT2D eigenvalue weighted by molar-refractivity contribution is 6.32. The standard InChI is InChI=1S/C4H9BO4/c1-8-3-2-4-9-5(6)7/h2,4,6-7H,3H2,1H3/b4-2+. The Morgan fingerprint density at radius 2 is 2.22 bits per heavy atom. The van der Waals surface area contributed by atoms with Gasteiger partial charge < -0.3 is 19.4 Å². The summed E-state index contributed by atoms with van der Waals surface area (Å²) >= 11 is 0. The van der Waals surface area contributed by atoms with Gasteiger partial charge in [0, 0.05) is 7.11 Å². The van der Waals surface area contributed by atoms with Crippen LogP contribution in [-0.4, -0.2) is 31.1 Å². The first-order valence-electron chi connectivity index (χ1n) is 2.43. The van der Waals surface area contributed by atoms with Crippen molar-refractivity contribution >= 4 is 7.32 Å². The van der Waals surface area contributed by atoms with Crippen molar-refractivity contribution in [2.24, 2.45) is 0 Å². The highest BCUT2D eigenvalue weighted by Crippen LogP contribution is 1.78. The first-order valence-corrected chi connectivity index (χ1v) is 2.43. The number of methoxy groups -OCH3 is 1. The van der Waals surface area contributed by atoms with Crippen LogP contribution in [0.4, 0.5) is 0 Å². The molecule has 0 rings (SSSR count). The van der Waals surface area contributed by atoms with E-state index in [1.165, 1.54) is 13.2 Å². The zero-order chi connectivity index (χ0) is 7.11. The van der Waals surface area contributed by atoms with Crippen LogP contribution in [0.5, 0.6) is 0 Å². The predicted octanol–water partition coefficient (Wildman–Crippen LogP) is -0.867. The lowest BCUT2D eigenvalue weighted by Gasteiger charge is -1.94. The molecule has 0 heterocycles. The molecule has 0 aliphatic rings. The summed E-state index contributed by atoms with van der Waals surface area (Å²) < 4.78 is 8.79. The minimum absolute atomic E-state index is 0.396. The Bertz CT molecular complexity index is 82.6. The summed E-state index contributed by atoms with van der Waals surface area (Å²) in [7, 11) is -0.210. The maximum atomic E-state index is 8.09. The van der Waals surface area contributed by atoms with Gasteiger partial charge in [-0.25, -0.2) is 0 Å². The van der Waals surface area contributed by atoms with Crippen molar-refractivity contribution in [1.82, 2.24) is 0 Å². The molecule has 9 heavy (non-hydrogen) atoms. The molecule has 0 amide bonds. The summed E-state index contributed by atoms with van der Waals surface area (Å²) in [6.45, 7) is 0.396. The van der Waals surface area contributed by atoms with Crippen molar-refractivity contribution < 1.29 is 19.4 Å². The van der Waals surface area contributed by atoms with Gasteiger partial charge in [0.05, 0.1) is 12.9 Å². The van der Waals surface area contributed by atoms with E-state index in [9.17, 15) is 0 Å². The molecule has 0 aliphatic carbocycles. The normalized spacial score (nSPS) is 10.1. The van der Waals surface area contributed by atoms with Crippen LogP contribution in [0, 0.1) is 0 Å². The molecule has 0 saturated heterocycles. The number of rotatable bonds is 4. The summed E-state index contributed by atoms with van der Waals surface area (Å²) in [5.74, 6) is 0. The van der Waals surface area contributed by atoms with Gasteiger partial charge in [-0.2, -0.15) is 0 Å². The number of ether oxygens (including phenoxy) is 1. The quantitative estimate of drug-likeness (QED) is 0.385. The highest BCUT2D eigenvalue weighted by Gasteiger charge is 2.05.